The van der Waals surface area contributed by atoms with E-state index < -0.39 is 0 Å². The first-order chi connectivity index (χ1) is 11.2. The molecule has 23 heavy (non-hydrogen) atoms. The molecule has 6 heterocycles. The summed E-state index contributed by atoms with van der Waals surface area (Å²) in [7, 11) is 0. The summed E-state index contributed by atoms with van der Waals surface area (Å²) in [6.45, 7) is 4.62. The van der Waals surface area contributed by atoms with Crippen molar-refractivity contribution in [2.75, 3.05) is 13.1 Å². The number of benzene rings is 1. The molecule has 120 valence electrons. The highest BCUT2D eigenvalue weighted by atomic mass is 16.5. The first-order valence-electron chi connectivity index (χ1n) is 8.68. The lowest BCUT2D eigenvalue weighted by Gasteiger charge is -2.48. The van der Waals surface area contributed by atoms with Crippen molar-refractivity contribution >= 4 is 10.9 Å². The highest BCUT2D eigenvalue weighted by Gasteiger charge is 2.49. The van der Waals surface area contributed by atoms with Gasteiger partial charge < -0.3 is 9.84 Å². The number of piperidine rings is 3. The molecule has 5 aliphatic heterocycles. The predicted octanol–water partition coefficient (Wildman–Crippen LogP) is 3.11. The molecule has 5 saturated heterocycles. The summed E-state index contributed by atoms with van der Waals surface area (Å²) in [5, 5.41) is 10.9. The lowest BCUT2D eigenvalue weighted by Crippen LogP contribution is -2.54. The van der Waals surface area contributed by atoms with Crippen LogP contribution in [0.1, 0.15) is 31.4 Å². The quantitative estimate of drug-likeness (QED) is 0.879. The highest BCUT2D eigenvalue weighted by Crippen LogP contribution is 2.48. The fourth-order valence-electron chi connectivity index (χ4n) is 5.06. The van der Waals surface area contributed by atoms with Gasteiger partial charge in [-0.3, -0.25) is 9.88 Å². The van der Waals surface area contributed by atoms with Crippen LogP contribution in [-0.4, -0.2) is 40.2 Å². The van der Waals surface area contributed by atoms with Crippen molar-refractivity contribution in [2.45, 2.75) is 38.0 Å². The molecule has 1 N–H and O–H groups in total. The number of fused-ring (bicyclic) bond motifs is 4. The smallest absolute Gasteiger partial charge is 0.116 e. The molecule has 1 aromatic carbocycles. The normalized spacial score (nSPS) is 38.8. The van der Waals surface area contributed by atoms with Crippen LogP contribution in [0.25, 0.3) is 10.9 Å². The van der Waals surface area contributed by atoms with Crippen molar-refractivity contribution in [3.8, 4) is 5.75 Å². The Hall–Kier alpha value is -1.65. The van der Waals surface area contributed by atoms with Gasteiger partial charge in [-0.1, -0.05) is 0 Å². The Morgan fingerprint density at radius 1 is 1.30 bits per heavy atom. The van der Waals surface area contributed by atoms with Crippen molar-refractivity contribution in [3.05, 3.63) is 36.0 Å². The number of hydrogen-bond acceptors (Lipinski definition) is 4. The third kappa shape index (κ3) is 2.01. The van der Waals surface area contributed by atoms with Crippen molar-refractivity contribution in [1.82, 2.24) is 9.88 Å². The van der Waals surface area contributed by atoms with Crippen LogP contribution in [0.5, 0.6) is 5.75 Å². The summed E-state index contributed by atoms with van der Waals surface area (Å²) in [6, 6.07) is 7.96. The predicted molar refractivity (Wildman–Crippen MR) is 88.3 cm³/mol. The number of phenols is 1. The molecule has 0 amide bonds. The van der Waals surface area contributed by atoms with Crippen LogP contribution in [-0.2, 0) is 4.74 Å². The van der Waals surface area contributed by atoms with E-state index in [0.717, 1.165) is 16.8 Å². The van der Waals surface area contributed by atoms with Gasteiger partial charge in [-0.2, -0.15) is 0 Å². The van der Waals surface area contributed by atoms with E-state index in [1.807, 2.05) is 18.3 Å². The second-order valence-corrected chi connectivity index (χ2v) is 7.37. The average Bonchev–Trinajstić information content (AvgIpc) is 2.78. The summed E-state index contributed by atoms with van der Waals surface area (Å²) >= 11 is 0. The van der Waals surface area contributed by atoms with Crippen molar-refractivity contribution < 1.29 is 9.84 Å². The zero-order valence-corrected chi connectivity index (χ0v) is 13.4. The number of pyridine rings is 1. The summed E-state index contributed by atoms with van der Waals surface area (Å²) in [5.41, 5.74) is 2.10. The molecule has 4 bridgehead atoms. The number of hydrogen-bond donors (Lipinski definition) is 1. The number of rotatable bonds is 1. The molecule has 2 aromatic rings. The van der Waals surface area contributed by atoms with Gasteiger partial charge in [-0.25, -0.2) is 0 Å². The van der Waals surface area contributed by atoms with Gasteiger partial charge in [-0.05, 0) is 62.1 Å². The van der Waals surface area contributed by atoms with E-state index in [2.05, 4.69) is 22.9 Å². The molecular formula is C19H22N2O2. The van der Waals surface area contributed by atoms with E-state index in [0.29, 0.717) is 23.8 Å². The minimum atomic E-state index is 0.0765. The topological polar surface area (TPSA) is 45.6 Å². The van der Waals surface area contributed by atoms with Gasteiger partial charge in [0.25, 0.3) is 0 Å². The Labute approximate surface area is 136 Å². The molecule has 4 heteroatoms. The molecule has 4 nitrogen and oxygen atoms in total. The molecule has 1 aromatic heterocycles. The Bertz CT molecular complexity index is 762. The van der Waals surface area contributed by atoms with Crippen LogP contribution < -0.4 is 0 Å². The van der Waals surface area contributed by atoms with Crippen molar-refractivity contribution in [1.29, 1.82) is 0 Å². The fourth-order valence-corrected chi connectivity index (χ4v) is 5.06. The monoisotopic (exact) mass is 310 g/mol. The minimum Gasteiger partial charge on any atom is -0.508 e. The zero-order chi connectivity index (χ0) is 15.6. The maximum Gasteiger partial charge on any atom is 0.116 e. The third-order valence-electron chi connectivity index (χ3n) is 6.23. The Morgan fingerprint density at radius 2 is 2.22 bits per heavy atom. The lowest BCUT2D eigenvalue weighted by molar-refractivity contribution is -0.0213. The molecule has 7 rings (SSSR count). The van der Waals surface area contributed by atoms with Crippen LogP contribution in [0.3, 0.4) is 0 Å². The number of ether oxygens (including phenoxy) is 1. The van der Waals surface area contributed by atoms with E-state index in [-0.39, 0.29) is 6.10 Å². The Kier molecular flexibility index (Phi) is 2.94. The summed E-state index contributed by atoms with van der Waals surface area (Å²) in [5.74, 6) is 1.78. The third-order valence-corrected chi connectivity index (χ3v) is 6.23. The molecule has 0 aliphatic carbocycles. The van der Waals surface area contributed by atoms with Crippen LogP contribution in [0.15, 0.2) is 30.5 Å². The molecule has 1 unspecified atom stereocenters. The number of aromatic hydroxyl groups is 1. The van der Waals surface area contributed by atoms with Gasteiger partial charge >= 0.3 is 0 Å². The summed E-state index contributed by atoms with van der Waals surface area (Å²) < 4.78 is 6.56. The average molecular weight is 310 g/mol. The van der Waals surface area contributed by atoms with E-state index in [1.54, 1.807) is 6.07 Å². The van der Waals surface area contributed by atoms with E-state index in [4.69, 9.17) is 4.74 Å². The molecule has 6 atom stereocenters. The van der Waals surface area contributed by atoms with Crippen LogP contribution in [0.4, 0.5) is 0 Å². The van der Waals surface area contributed by atoms with Gasteiger partial charge in [0.15, 0.2) is 0 Å². The zero-order valence-electron chi connectivity index (χ0n) is 13.4. The molecule has 0 saturated carbocycles. The van der Waals surface area contributed by atoms with Crippen LogP contribution >= 0.6 is 0 Å². The largest absolute Gasteiger partial charge is 0.508 e. The maximum atomic E-state index is 9.92. The van der Waals surface area contributed by atoms with Gasteiger partial charge in [0.2, 0.25) is 0 Å². The fraction of sp³-hybridized carbons (Fsp3) is 0.526. The Balaban J connectivity index is 1.65. The highest BCUT2D eigenvalue weighted by molar-refractivity contribution is 5.83. The first-order valence-corrected chi connectivity index (χ1v) is 8.68. The van der Waals surface area contributed by atoms with Crippen molar-refractivity contribution in [2.24, 2.45) is 11.8 Å². The number of phenolic OH excluding ortho intramolecular Hbond substituents is 1. The van der Waals surface area contributed by atoms with E-state index >= 15 is 0 Å². The minimum absolute atomic E-state index is 0.0765. The lowest BCUT2D eigenvalue weighted by atomic mass is 9.73. The van der Waals surface area contributed by atoms with Gasteiger partial charge in [0.05, 0.1) is 17.7 Å². The molecule has 5 aliphatic rings. The molecule has 0 radical (unpaired) electrons. The van der Waals surface area contributed by atoms with E-state index in [1.165, 1.54) is 31.5 Å². The maximum absolute atomic E-state index is 9.92. The second kappa shape index (κ2) is 4.92. The van der Waals surface area contributed by atoms with Gasteiger partial charge in [0.1, 0.15) is 5.75 Å². The standard InChI is InChI=1S/C19H22N2O2/c1-11-16-10-21-7-5-12(16)8-18(21)19(23-11)14-4-6-20-17-3-2-13(22)9-15(14)17/h2-4,6,9,11-12,16,18-19,22H,5,7-8,10H2,1H3/t11-,12-,16+,18+,19-/m0/s1. The number of nitrogens with zero attached hydrogens (tertiary/aromatic N) is 2. The molecule has 5 fully saturated rings. The van der Waals surface area contributed by atoms with Gasteiger partial charge in [-0.15, -0.1) is 0 Å². The van der Waals surface area contributed by atoms with Crippen molar-refractivity contribution in [3.63, 3.8) is 0 Å². The summed E-state index contributed by atoms with van der Waals surface area (Å²) in [6.07, 6.45) is 4.79. The van der Waals surface area contributed by atoms with Gasteiger partial charge in [0, 0.05) is 30.1 Å². The molecular weight excluding hydrogens is 288 g/mol. The SMILES string of the molecule is C[C@@H]1O[C@@H](c2ccnc3ccc(O)cc23)[C@H]2C[C@@H]3CCN2C[C@@H]31. The first kappa shape index (κ1) is 13.8. The van der Waals surface area contributed by atoms with Crippen LogP contribution in [0.2, 0.25) is 0 Å². The van der Waals surface area contributed by atoms with Crippen LogP contribution in [0, 0.1) is 11.8 Å². The Morgan fingerprint density at radius 3 is 3.04 bits per heavy atom. The molecule has 0 spiro atoms. The second-order valence-electron chi connectivity index (χ2n) is 7.37. The van der Waals surface area contributed by atoms with E-state index in [9.17, 15) is 5.11 Å². The number of aromatic nitrogens is 1. The summed E-state index contributed by atoms with van der Waals surface area (Å²) in [4.78, 5) is 7.08.